The molecule has 0 spiro atoms. The molecule has 2 N–H and O–H groups in total. The molecule has 7 heteroatoms. The molecule has 9 heavy (non-hydrogen) atoms. The summed E-state index contributed by atoms with van der Waals surface area (Å²) in [5.41, 5.74) is 0. The maximum atomic E-state index is 8.74. The molecule has 0 aliphatic carbocycles. The average molecular weight is 166 g/mol. The second kappa shape index (κ2) is 5.60. The number of hydrogen-bond donors (Lipinski definition) is 2. The van der Waals surface area contributed by atoms with Crippen LogP contribution >= 0.6 is 0 Å². The van der Waals surface area contributed by atoms with Gasteiger partial charge in [0.2, 0.25) is 0 Å². The molecule has 1 saturated heterocycles. The van der Waals surface area contributed by atoms with Crippen molar-refractivity contribution in [1.29, 1.82) is 0 Å². The van der Waals surface area contributed by atoms with Crippen molar-refractivity contribution in [2.45, 2.75) is 0 Å². The SMILES string of the molecule is C1CO1.O=S(=O)(O)O.[H-].[Na+]. The molecule has 0 aromatic carbocycles. The van der Waals surface area contributed by atoms with Crippen LogP contribution in [-0.2, 0) is 15.1 Å². The second-order valence-corrected chi connectivity index (χ2v) is 1.96. The van der Waals surface area contributed by atoms with Gasteiger partial charge in [-0.25, -0.2) is 0 Å². The Morgan fingerprint density at radius 1 is 1.33 bits per heavy atom. The molecule has 1 heterocycles. The predicted octanol–water partition coefficient (Wildman–Crippen LogP) is -3.52. The van der Waals surface area contributed by atoms with Gasteiger partial charge in [-0.3, -0.25) is 9.11 Å². The number of rotatable bonds is 0. The van der Waals surface area contributed by atoms with Gasteiger partial charge in [-0.15, -0.1) is 0 Å². The van der Waals surface area contributed by atoms with Crippen LogP contribution in [0.1, 0.15) is 1.43 Å². The summed E-state index contributed by atoms with van der Waals surface area (Å²) in [4.78, 5) is 0. The molecule has 1 rings (SSSR count). The van der Waals surface area contributed by atoms with Crippen LogP contribution in [-0.4, -0.2) is 30.7 Å². The van der Waals surface area contributed by atoms with Crippen LogP contribution in [0.25, 0.3) is 0 Å². The van der Waals surface area contributed by atoms with Crippen molar-refractivity contribution in [2.24, 2.45) is 0 Å². The molecule has 1 aliphatic heterocycles. The number of ether oxygens (including phenoxy) is 1. The molecule has 0 saturated carbocycles. The maximum Gasteiger partial charge on any atom is 1.00 e. The van der Waals surface area contributed by atoms with E-state index < -0.39 is 10.4 Å². The van der Waals surface area contributed by atoms with E-state index >= 15 is 0 Å². The summed E-state index contributed by atoms with van der Waals surface area (Å²) in [6.45, 7) is 2.00. The van der Waals surface area contributed by atoms with E-state index in [0.717, 1.165) is 13.2 Å². The van der Waals surface area contributed by atoms with Gasteiger partial charge in [0.1, 0.15) is 0 Å². The molecule has 0 atom stereocenters. The van der Waals surface area contributed by atoms with Gasteiger partial charge in [0.25, 0.3) is 0 Å². The van der Waals surface area contributed by atoms with E-state index in [0.29, 0.717) is 0 Å². The minimum Gasteiger partial charge on any atom is -1.00 e. The summed E-state index contributed by atoms with van der Waals surface area (Å²) in [7, 11) is -4.67. The van der Waals surface area contributed by atoms with E-state index in [1.165, 1.54) is 0 Å². The minimum atomic E-state index is -4.67. The molecule has 5 nitrogen and oxygen atoms in total. The van der Waals surface area contributed by atoms with Crippen molar-refractivity contribution in [1.82, 2.24) is 0 Å². The monoisotopic (exact) mass is 166 g/mol. The average Bonchev–Trinajstić information content (AvgIpc) is 1.95. The van der Waals surface area contributed by atoms with Crippen LogP contribution in [0.5, 0.6) is 0 Å². The third-order valence-electron chi connectivity index (χ3n) is 0.204. The summed E-state index contributed by atoms with van der Waals surface area (Å²) in [6, 6.07) is 0. The Kier molecular flexibility index (Phi) is 7.78. The Morgan fingerprint density at radius 2 is 1.44 bits per heavy atom. The van der Waals surface area contributed by atoms with Gasteiger partial charge in [-0.05, 0) is 0 Å². The molecule has 0 amide bonds. The molecule has 0 unspecified atom stereocenters. The van der Waals surface area contributed by atoms with Crippen molar-refractivity contribution in [2.75, 3.05) is 13.2 Å². The van der Waals surface area contributed by atoms with Crippen molar-refractivity contribution in [3.63, 3.8) is 0 Å². The van der Waals surface area contributed by atoms with Gasteiger partial charge in [-0.2, -0.15) is 8.42 Å². The summed E-state index contributed by atoms with van der Waals surface area (Å²) in [5, 5.41) is 0. The normalized spacial score (nSPS) is 14.4. The van der Waals surface area contributed by atoms with E-state index in [4.69, 9.17) is 17.5 Å². The fourth-order valence-electron chi connectivity index (χ4n) is 0. The third-order valence-corrected chi connectivity index (χ3v) is 0.204. The zero-order chi connectivity index (χ0) is 6.62. The van der Waals surface area contributed by atoms with E-state index in [1.807, 2.05) is 0 Å². The zero-order valence-corrected chi connectivity index (χ0v) is 7.76. The van der Waals surface area contributed by atoms with Crippen LogP contribution in [0.4, 0.5) is 0 Å². The first kappa shape index (κ1) is 12.5. The van der Waals surface area contributed by atoms with E-state index in [1.54, 1.807) is 0 Å². The van der Waals surface area contributed by atoms with Gasteiger partial charge in [0.15, 0.2) is 0 Å². The van der Waals surface area contributed by atoms with Crippen molar-refractivity contribution in [3.8, 4) is 0 Å². The zero-order valence-electron chi connectivity index (χ0n) is 5.94. The predicted molar refractivity (Wildman–Crippen MR) is 26.1 cm³/mol. The Hall–Kier alpha value is 0.830. The number of epoxide rings is 1. The van der Waals surface area contributed by atoms with Crippen LogP contribution in [0.3, 0.4) is 0 Å². The largest absolute Gasteiger partial charge is 1.00 e. The fourth-order valence-corrected chi connectivity index (χ4v) is 0. The molecule has 0 bridgehead atoms. The maximum absolute atomic E-state index is 8.74. The Bertz CT molecular complexity index is 131. The molecule has 0 aromatic heterocycles. The van der Waals surface area contributed by atoms with Gasteiger partial charge in [0, 0.05) is 0 Å². The molecular formula is C2H7NaO5S. The first-order chi connectivity index (χ1) is 3.50. The Labute approximate surface area is 76.7 Å². The first-order valence-corrected chi connectivity index (χ1v) is 3.17. The minimum absolute atomic E-state index is 0. The smallest absolute Gasteiger partial charge is 1.00 e. The van der Waals surface area contributed by atoms with E-state index in [-0.39, 0.29) is 31.0 Å². The molecular weight excluding hydrogens is 159 g/mol. The Balaban J connectivity index is -0.0000000860. The summed E-state index contributed by atoms with van der Waals surface area (Å²) in [6.07, 6.45) is 0. The summed E-state index contributed by atoms with van der Waals surface area (Å²) in [5.74, 6) is 0. The van der Waals surface area contributed by atoms with Crippen molar-refractivity contribution < 1.29 is 53.2 Å². The van der Waals surface area contributed by atoms with E-state index in [2.05, 4.69) is 4.74 Å². The van der Waals surface area contributed by atoms with Crippen molar-refractivity contribution >= 4 is 10.4 Å². The molecule has 0 radical (unpaired) electrons. The van der Waals surface area contributed by atoms with Crippen molar-refractivity contribution in [3.05, 3.63) is 0 Å². The Morgan fingerprint density at radius 3 is 1.44 bits per heavy atom. The molecule has 52 valence electrons. The van der Waals surface area contributed by atoms with Crippen LogP contribution in [0, 0.1) is 0 Å². The van der Waals surface area contributed by atoms with Crippen LogP contribution < -0.4 is 29.6 Å². The first-order valence-electron chi connectivity index (χ1n) is 1.78. The standard InChI is InChI=1S/C2H4O.Na.H2O4S.H/c1-2-3-1;;1-5(2,3)4;/h1-2H2;;(H2,1,2,3,4);/q;+1;;-1. The topological polar surface area (TPSA) is 87.1 Å². The van der Waals surface area contributed by atoms with Gasteiger partial charge >= 0.3 is 40.0 Å². The molecule has 1 fully saturated rings. The summed E-state index contributed by atoms with van der Waals surface area (Å²) < 4.78 is 36.1. The van der Waals surface area contributed by atoms with Crippen LogP contribution in [0.2, 0.25) is 0 Å². The number of hydrogen-bond acceptors (Lipinski definition) is 3. The van der Waals surface area contributed by atoms with Gasteiger partial charge < -0.3 is 6.16 Å². The second-order valence-electron chi connectivity index (χ2n) is 1.06. The van der Waals surface area contributed by atoms with E-state index in [9.17, 15) is 0 Å². The molecule has 0 aromatic rings. The van der Waals surface area contributed by atoms with Gasteiger partial charge in [-0.1, -0.05) is 0 Å². The summed E-state index contributed by atoms with van der Waals surface area (Å²) >= 11 is 0. The fraction of sp³-hybridized carbons (Fsp3) is 1.00. The third kappa shape index (κ3) is 123. The van der Waals surface area contributed by atoms with Gasteiger partial charge in [0.05, 0.1) is 13.2 Å². The molecule has 1 aliphatic rings. The quantitative estimate of drug-likeness (QED) is 0.221. The van der Waals surface area contributed by atoms with Crippen LogP contribution in [0.15, 0.2) is 0 Å².